The molecule has 1 aromatic heterocycles. The Hall–Kier alpha value is -1.39. The molecule has 0 fully saturated rings. The Bertz CT molecular complexity index is 555. The van der Waals surface area contributed by atoms with Crippen molar-refractivity contribution in [2.45, 2.75) is 20.0 Å². The van der Waals surface area contributed by atoms with Gasteiger partial charge < -0.3 is 9.84 Å². The minimum atomic E-state index is -0.526. The van der Waals surface area contributed by atoms with Gasteiger partial charge in [0.05, 0.1) is 6.10 Å². The van der Waals surface area contributed by atoms with E-state index in [1.54, 1.807) is 25.3 Å². The van der Waals surface area contributed by atoms with Gasteiger partial charge in [0.15, 0.2) is 0 Å². The molecule has 0 aliphatic heterocycles. The summed E-state index contributed by atoms with van der Waals surface area (Å²) in [6.45, 7) is 3.71. The normalized spacial score (nSPS) is 12.2. The van der Waals surface area contributed by atoms with E-state index in [-0.39, 0.29) is 0 Å². The zero-order valence-corrected chi connectivity index (χ0v) is 11.8. The highest BCUT2D eigenvalue weighted by molar-refractivity contribution is 9.10. The fraction of sp³-hybridized carbons (Fsp3) is 0.214. The quantitative estimate of drug-likeness (QED) is 0.932. The smallest absolute Gasteiger partial charge is 0.219 e. The van der Waals surface area contributed by atoms with Crippen molar-refractivity contribution in [2.75, 3.05) is 0 Å². The summed E-state index contributed by atoms with van der Waals surface area (Å²) < 4.78 is 6.70. The Morgan fingerprint density at radius 3 is 2.72 bits per heavy atom. The maximum atomic E-state index is 9.51. The summed E-state index contributed by atoms with van der Waals surface area (Å²) >= 11 is 3.44. The van der Waals surface area contributed by atoms with Crippen LogP contribution in [0.1, 0.15) is 24.2 Å². The van der Waals surface area contributed by atoms with Crippen LogP contribution < -0.4 is 4.74 Å². The summed E-state index contributed by atoms with van der Waals surface area (Å²) in [5.41, 5.74) is 1.88. The lowest BCUT2D eigenvalue weighted by atomic mass is 10.2. The average Bonchev–Trinajstić information content (AvgIpc) is 2.34. The minimum Gasteiger partial charge on any atom is -0.439 e. The maximum absolute atomic E-state index is 9.51. The van der Waals surface area contributed by atoms with E-state index in [2.05, 4.69) is 20.9 Å². The monoisotopic (exact) mass is 307 g/mol. The van der Waals surface area contributed by atoms with Crippen LogP contribution in [0.25, 0.3) is 0 Å². The number of ether oxygens (including phenoxy) is 1. The fourth-order valence-corrected chi connectivity index (χ4v) is 1.79. The van der Waals surface area contributed by atoms with Gasteiger partial charge in [-0.1, -0.05) is 15.9 Å². The molecule has 0 aliphatic carbocycles. The number of nitrogens with zero attached hydrogens (tertiary/aromatic N) is 1. The Balaban J connectivity index is 2.23. The number of aliphatic hydroxyl groups excluding tert-OH is 1. The molecule has 1 aromatic carbocycles. The molecule has 3 nitrogen and oxygen atoms in total. The van der Waals surface area contributed by atoms with Gasteiger partial charge in [-0.15, -0.1) is 0 Å². The minimum absolute atomic E-state index is 0.482. The predicted octanol–water partition coefficient (Wildman–Crippen LogP) is 4.00. The number of hydrogen-bond acceptors (Lipinski definition) is 3. The highest BCUT2D eigenvalue weighted by Gasteiger charge is 2.05. The van der Waals surface area contributed by atoms with E-state index in [0.717, 1.165) is 21.3 Å². The van der Waals surface area contributed by atoms with Gasteiger partial charge in [0.25, 0.3) is 0 Å². The SMILES string of the molecule is Cc1cc(Oc2cc([C@H](C)O)ccn2)ccc1Br. The lowest BCUT2D eigenvalue weighted by molar-refractivity contribution is 0.198. The second-order valence-corrected chi connectivity index (χ2v) is 4.97. The van der Waals surface area contributed by atoms with Crippen LogP contribution >= 0.6 is 15.9 Å². The van der Waals surface area contributed by atoms with Crippen LogP contribution in [0.3, 0.4) is 0 Å². The van der Waals surface area contributed by atoms with Gasteiger partial charge >= 0.3 is 0 Å². The van der Waals surface area contributed by atoms with Crippen molar-refractivity contribution in [1.29, 1.82) is 0 Å². The first-order valence-electron chi connectivity index (χ1n) is 5.64. The molecule has 2 aromatic rings. The first-order valence-corrected chi connectivity index (χ1v) is 6.43. The Morgan fingerprint density at radius 1 is 1.28 bits per heavy atom. The molecule has 0 unspecified atom stereocenters. The molecule has 0 bridgehead atoms. The second kappa shape index (κ2) is 5.50. The lowest BCUT2D eigenvalue weighted by Gasteiger charge is -2.09. The van der Waals surface area contributed by atoms with E-state index in [1.165, 1.54) is 0 Å². The summed E-state index contributed by atoms with van der Waals surface area (Å²) in [7, 11) is 0. The summed E-state index contributed by atoms with van der Waals surface area (Å²) in [4.78, 5) is 4.12. The topological polar surface area (TPSA) is 42.4 Å². The highest BCUT2D eigenvalue weighted by Crippen LogP contribution is 2.26. The summed E-state index contributed by atoms with van der Waals surface area (Å²) in [5, 5.41) is 9.51. The van der Waals surface area contributed by atoms with Crippen molar-refractivity contribution in [3.63, 3.8) is 0 Å². The van der Waals surface area contributed by atoms with Gasteiger partial charge in [0.1, 0.15) is 5.75 Å². The first kappa shape index (κ1) is 13.1. The summed E-state index contributed by atoms with van der Waals surface area (Å²) in [6, 6.07) is 9.24. The predicted molar refractivity (Wildman–Crippen MR) is 73.8 cm³/mol. The molecule has 0 aliphatic rings. The maximum Gasteiger partial charge on any atom is 0.219 e. The molecule has 1 atom stereocenters. The van der Waals surface area contributed by atoms with Crippen molar-refractivity contribution in [3.8, 4) is 11.6 Å². The number of pyridine rings is 1. The van der Waals surface area contributed by atoms with E-state index >= 15 is 0 Å². The van der Waals surface area contributed by atoms with Crippen LogP contribution in [0, 0.1) is 6.92 Å². The largest absolute Gasteiger partial charge is 0.439 e. The number of benzene rings is 1. The molecular formula is C14H14BrNO2. The molecule has 0 saturated heterocycles. The van der Waals surface area contributed by atoms with Crippen molar-refractivity contribution in [2.24, 2.45) is 0 Å². The molecule has 18 heavy (non-hydrogen) atoms. The molecule has 2 rings (SSSR count). The Labute approximate surface area is 115 Å². The van der Waals surface area contributed by atoms with Crippen LogP contribution in [-0.4, -0.2) is 10.1 Å². The van der Waals surface area contributed by atoms with E-state index in [1.807, 2.05) is 25.1 Å². The van der Waals surface area contributed by atoms with E-state index in [0.29, 0.717) is 5.88 Å². The summed E-state index contributed by atoms with van der Waals surface area (Å²) in [6.07, 6.45) is 1.10. The standard InChI is InChI=1S/C14H14BrNO2/c1-9-7-12(3-4-13(9)15)18-14-8-11(10(2)17)5-6-16-14/h3-8,10,17H,1-2H3/t10-/m0/s1. The number of hydrogen-bond donors (Lipinski definition) is 1. The lowest BCUT2D eigenvalue weighted by Crippen LogP contribution is -1.94. The van der Waals surface area contributed by atoms with E-state index < -0.39 is 6.10 Å². The molecule has 0 saturated carbocycles. The molecule has 4 heteroatoms. The fourth-order valence-electron chi connectivity index (χ4n) is 1.54. The van der Waals surface area contributed by atoms with E-state index in [4.69, 9.17) is 4.74 Å². The number of aryl methyl sites for hydroxylation is 1. The Morgan fingerprint density at radius 2 is 2.06 bits per heavy atom. The van der Waals surface area contributed by atoms with Crippen LogP contribution in [0.2, 0.25) is 0 Å². The number of aliphatic hydroxyl groups is 1. The molecule has 1 heterocycles. The van der Waals surface area contributed by atoms with Gasteiger partial charge in [0.2, 0.25) is 5.88 Å². The third-order valence-corrected chi connectivity index (χ3v) is 3.48. The highest BCUT2D eigenvalue weighted by atomic mass is 79.9. The van der Waals surface area contributed by atoms with Crippen molar-refractivity contribution in [1.82, 2.24) is 4.98 Å². The van der Waals surface area contributed by atoms with Crippen LogP contribution in [-0.2, 0) is 0 Å². The van der Waals surface area contributed by atoms with Gasteiger partial charge in [0, 0.05) is 16.7 Å². The first-order chi connectivity index (χ1) is 8.56. The van der Waals surface area contributed by atoms with Gasteiger partial charge in [-0.05, 0) is 49.2 Å². The van der Waals surface area contributed by atoms with Gasteiger partial charge in [-0.2, -0.15) is 0 Å². The molecule has 94 valence electrons. The molecule has 0 amide bonds. The molecular weight excluding hydrogens is 294 g/mol. The Kier molecular flexibility index (Phi) is 3.99. The zero-order chi connectivity index (χ0) is 13.1. The van der Waals surface area contributed by atoms with Crippen LogP contribution in [0.5, 0.6) is 11.6 Å². The van der Waals surface area contributed by atoms with Crippen molar-refractivity contribution in [3.05, 3.63) is 52.1 Å². The number of aromatic nitrogens is 1. The number of halogens is 1. The van der Waals surface area contributed by atoms with Crippen LogP contribution in [0.4, 0.5) is 0 Å². The zero-order valence-electron chi connectivity index (χ0n) is 10.2. The third-order valence-electron chi connectivity index (χ3n) is 2.59. The molecule has 0 radical (unpaired) electrons. The van der Waals surface area contributed by atoms with Gasteiger partial charge in [-0.25, -0.2) is 4.98 Å². The second-order valence-electron chi connectivity index (χ2n) is 4.12. The van der Waals surface area contributed by atoms with E-state index in [9.17, 15) is 5.11 Å². The number of rotatable bonds is 3. The molecule has 1 N–H and O–H groups in total. The molecule has 0 spiro atoms. The van der Waals surface area contributed by atoms with Crippen molar-refractivity contribution >= 4 is 15.9 Å². The summed E-state index contributed by atoms with van der Waals surface area (Å²) in [5.74, 6) is 1.21. The van der Waals surface area contributed by atoms with Crippen molar-refractivity contribution < 1.29 is 9.84 Å². The van der Waals surface area contributed by atoms with Crippen LogP contribution in [0.15, 0.2) is 41.0 Å². The third kappa shape index (κ3) is 3.09. The average molecular weight is 308 g/mol. The van der Waals surface area contributed by atoms with Gasteiger partial charge in [-0.3, -0.25) is 0 Å².